The number of H-pyrrole nitrogens is 1. The molecule has 1 unspecified atom stereocenters. The molecular formula is C21H19FN3O4-. The lowest BCUT2D eigenvalue weighted by atomic mass is 9.97. The largest absolute Gasteiger partial charge is 0.785 e. The molecule has 4 rings (SSSR count). The van der Waals surface area contributed by atoms with Crippen molar-refractivity contribution in [3.8, 4) is 11.3 Å². The van der Waals surface area contributed by atoms with Crippen molar-refractivity contribution in [2.45, 2.75) is 18.9 Å². The van der Waals surface area contributed by atoms with E-state index in [1.54, 1.807) is 24.3 Å². The first-order valence-electron chi connectivity index (χ1n) is 9.19. The number of hydrogen-bond donors (Lipinski definition) is 3. The zero-order valence-electron chi connectivity index (χ0n) is 15.7. The Morgan fingerprint density at radius 3 is 2.69 bits per heavy atom. The van der Waals surface area contributed by atoms with Crippen LogP contribution in [0, 0.1) is 11.0 Å². The van der Waals surface area contributed by atoms with Crippen molar-refractivity contribution < 1.29 is 19.1 Å². The topological polar surface area (TPSA) is 108 Å². The number of carboxylic acids is 1. The van der Waals surface area contributed by atoms with Gasteiger partial charge in [-0.25, -0.2) is 4.39 Å². The van der Waals surface area contributed by atoms with Crippen LogP contribution in [0.2, 0.25) is 0 Å². The van der Waals surface area contributed by atoms with Gasteiger partial charge in [-0.15, -0.1) is 0 Å². The molecule has 7 nitrogen and oxygen atoms in total. The molecule has 1 aromatic heterocycles. The van der Waals surface area contributed by atoms with Crippen molar-refractivity contribution in [2.24, 2.45) is 0 Å². The number of carboxylic acid groups (broad SMARTS) is 1. The van der Waals surface area contributed by atoms with E-state index >= 15 is 0 Å². The van der Waals surface area contributed by atoms with Gasteiger partial charge in [-0.3, -0.25) is 9.59 Å². The summed E-state index contributed by atoms with van der Waals surface area (Å²) in [5, 5.41) is 24.9. The molecule has 0 aliphatic carbocycles. The summed E-state index contributed by atoms with van der Waals surface area (Å²) in [6.07, 6.45) is 0.291. The lowest BCUT2D eigenvalue weighted by Crippen LogP contribution is -2.23. The number of nitrogens with zero attached hydrogens (tertiary/aromatic N) is 1. The molecule has 29 heavy (non-hydrogen) atoms. The predicted molar refractivity (Wildman–Crippen MR) is 106 cm³/mol. The molecule has 0 bridgehead atoms. The SMILES string of the molecule is CN([O-])C(CC(=O)O)c1ccc(-c2[nH]c3cc(F)cc4c3c2CCNC4=O)cc1. The number of hydrogen-bond acceptors (Lipinski definition) is 4. The van der Waals surface area contributed by atoms with Crippen LogP contribution in [0.1, 0.15) is 33.9 Å². The second-order valence-corrected chi connectivity index (χ2v) is 7.14. The standard InChI is InChI=1S/C21H19FN3O4/c1-25(29)17(10-18(26)27)11-2-4-12(5-3-11)20-14-6-7-23-21(28)15-8-13(22)9-16(24-20)19(14)15/h2-5,8-9,17,24H,6-7,10H2,1H3,(H,23,28)(H,26,27)/q-1. The fraction of sp³-hybridized carbons (Fsp3) is 0.238. The molecule has 1 aliphatic rings. The zero-order valence-corrected chi connectivity index (χ0v) is 15.7. The number of hydroxylamine groups is 2. The van der Waals surface area contributed by atoms with Crippen LogP contribution in [0.5, 0.6) is 0 Å². The lowest BCUT2D eigenvalue weighted by molar-refractivity contribution is -0.138. The fourth-order valence-electron chi connectivity index (χ4n) is 3.93. The number of carbonyl (C=O) groups excluding carboxylic acids is 1. The van der Waals surface area contributed by atoms with Gasteiger partial charge in [0.15, 0.2) is 0 Å². The molecule has 1 aliphatic heterocycles. The summed E-state index contributed by atoms with van der Waals surface area (Å²) >= 11 is 0. The number of aliphatic carboxylic acids is 1. The Hall–Kier alpha value is -3.23. The summed E-state index contributed by atoms with van der Waals surface area (Å²) in [6.45, 7) is 0.439. The molecule has 1 amide bonds. The molecule has 2 aromatic carbocycles. The maximum absolute atomic E-state index is 14.0. The van der Waals surface area contributed by atoms with E-state index in [-0.39, 0.29) is 12.3 Å². The van der Waals surface area contributed by atoms with Crippen molar-refractivity contribution in [3.63, 3.8) is 0 Å². The van der Waals surface area contributed by atoms with Gasteiger partial charge < -0.3 is 25.7 Å². The molecule has 0 spiro atoms. The summed E-state index contributed by atoms with van der Waals surface area (Å²) in [5.41, 5.74) is 3.96. The average Bonchev–Trinajstić information content (AvgIpc) is 2.94. The molecule has 0 radical (unpaired) electrons. The van der Waals surface area contributed by atoms with Crippen LogP contribution in [0.15, 0.2) is 36.4 Å². The van der Waals surface area contributed by atoms with Crippen LogP contribution in [0.25, 0.3) is 22.2 Å². The molecule has 0 saturated heterocycles. The monoisotopic (exact) mass is 396 g/mol. The van der Waals surface area contributed by atoms with E-state index in [1.165, 1.54) is 19.2 Å². The van der Waals surface area contributed by atoms with Crippen LogP contribution in [0.4, 0.5) is 4.39 Å². The molecule has 0 saturated carbocycles. The molecule has 150 valence electrons. The smallest absolute Gasteiger partial charge is 0.305 e. The number of aromatic amines is 1. The van der Waals surface area contributed by atoms with Crippen LogP contribution in [-0.4, -0.2) is 40.6 Å². The minimum absolute atomic E-state index is 0.298. The highest BCUT2D eigenvalue weighted by Crippen LogP contribution is 2.35. The van der Waals surface area contributed by atoms with Gasteiger partial charge in [0.2, 0.25) is 0 Å². The molecule has 8 heteroatoms. The van der Waals surface area contributed by atoms with Crippen LogP contribution in [0.3, 0.4) is 0 Å². The number of aromatic nitrogens is 1. The van der Waals surface area contributed by atoms with Crippen molar-refractivity contribution in [1.29, 1.82) is 0 Å². The minimum atomic E-state index is -1.05. The van der Waals surface area contributed by atoms with E-state index in [0.717, 1.165) is 16.8 Å². The first kappa shape index (κ1) is 19.1. The maximum Gasteiger partial charge on any atom is 0.305 e. The number of carbonyl (C=O) groups is 2. The van der Waals surface area contributed by atoms with E-state index in [0.29, 0.717) is 40.1 Å². The third-order valence-electron chi connectivity index (χ3n) is 5.26. The molecule has 0 fully saturated rings. The summed E-state index contributed by atoms with van der Waals surface area (Å²) in [6, 6.07) is 8.86. The highest BCUT2D eigenvalue weighted by atomic mass is 19.1. The van der Waals surface area contributed by atoms with Crippen molar-refractivity contribution in [2.75, 3.05) is 13.6 Å². The van der Waals surface area contributed by atoms with Gasteiger partial charge in [0, 0.05) is 29.2 Å². The third kappa shape index (κ3) is 3.48. The first-order chi connectivity index (χ1) is 13.8. The highest BCUT2D eigenvalue weighted by molar-refractivity contribution is 6.10. The molecule has 2 heterocycles. The molecule has 1 atom stereocenters. The van der Waals surface area contributed by atoms with Gasteiger partial charge in [0.25, 0.3) is 5.91 Å². The number of nitrogens with one attached hydrogen (secondary N) is 2. The van der Waals surface area contributed by atoms with Gasteiger partial charge in [-0.05, 0) is 42.3 Å². The molecule has 3 aromatic rings. The zero-order chi connectivity index (χ0) is 20.7. The number of amides is 1. The number of halogens is 1. The highest BCUT2D eigenvalue weighted by Gasteiger charge is 2.23. The van der Waals surface area contributed by atoms with Crippen LogP contribution < -0.4 is 5.32 Å². The minimum Gasteiger partial charge on any atom is -0.785 e. The average molecular weight is 396 g/mol. The number of rotatable bonds is 5. The first-order valence-corrected chi connectivity index (χ1v) is 9.19. The van der Waals surface area contributed by atoms with E-state index in [1.807, 2.05) is 0 Å². The third-order valence-corrected chi connectivity index (χ3v) is 5.26. The van der Waals surface area contributed by atoms with Crippen molar-refractivity contribution >= 4 is 22.8 Å². The van der Waals surface area contributed by atoms with E-state index in [4.69, 9.17) is 5.11 Å². The van der Waals surface area contributed by atoms with Crippen LogP contribution in [-0.2, 0) is 11.2 Å². The quantitative estimate of drug-likeness (QED) is 0.574. The van der Waals surface area contributed by atoms with Gasteiger partial charge in [0.05, 0.1) is 12.0 Å². The van der Waals surface area contributed by atoms with Crippen molar-refractivity contribution in [3.05, 3.63) is 64.1 Å². The van der Waals surface area contributed by atoms with Gasteiger partial charge in [0.1, 0.15) is 5.82 Å². The number of benzene rings is 2. The Morgan fingerprint density at radius 2 is 2.03 bits per heavy atom. The second kappa shape index (κ2) is 7.31. The molecular weight excluding hydrogens is 377 g/mol. The Morgan fingerprint density at radius 1 is 1.31 bits per heavy atom. The van der Waals surface area contributed by atoms with Gasteiger partial charge in [-0.2, -0.15) is 0 Å². The second-order valence-electron chi connectivity index (χ2n) is 7.14. The Bertz CT molecular complexity index is 1110. The summed E-state index contributed by atoms with van der Waals surface area (Å²) in [7, 11) is 1.30. The van der Waals surface area contributed by atoms with Crippen molar-refractivity contribution in [1.82, 2.24) is 15.4 Å². The Balaban J connectivity index is 1.79. The maximum atomic E-state index is 14.0. The van der Waals surface area contributed by atoms with Crippen LogP contribution >= 0.6 is 0 Å². The summed E-state index contributed by atoms with van der Waals surface area (Å²) in [4.78, 5) is 26.6. The Labute approximate surface area is 165 Å². The van der Waals surface area contributed by atoms with Gasteiger partial charge >= 0.3 is 5.97 Å². The lowest BCUT2D eigenvalue weighted by Gasteiger charge is -2.32. The van der Waals surface area contributed by atoms with E-state index in [9.17, 15) is 19.2 Å². The van der Waals surface area contributed by atoms with Gasteiger partial charge in [-0.1, -0.05) is 24.3 Å². The normalized spacial score (nSPS) is 14.7. The summed E-state index contributed by atoms with van der Waals surface area (Å²) in [5.74, 6) is -1.84. The summed E-state index contributed by atoms with van der Waals surface area (Å²) < 4.78 is 14.0. The Kier molecular flexibility index (Phi) is 4.81. The van der Waals surface area contributed by atoms with E-state index < -0.39 is 17.8 Å². The fourth-order valence-corrected chi connectivity index (χ4v) is 3.93. The van der Waals surface area contributed by atoms with E-state index in [2.05, 4.69) is 10.3 Å². The predicted octanol–water partition coefficient (Wildman–Crippen LogP) is 3.21. The molecule has 3 N–H and O–H groups in total.